The maximum atomic E-state index is 6.07. The minimum absolute atomic E-state index is 0.380. The van der Waals surface area contributed by atoms with E-state index in [2.05, 4.69) is 27.9 Å². The average molecular weight is 276 g/mol. The smallest absolute Gasteiger partial charge is 0.0994 e. The van der Waals surface area contributed by atoms with E-state index < -0.39 is 0 Å². The molecule has 1 saturated heterocycles. The summed E-state index contributed by atoms with van der Waals surface area (Å²) in [6, 6.07) is 8.84. The van der Waals surface area contributed by atoms with Crippen molar-refractivity contribution in [2.45, 2.75) is 38.3 Å². The summed E-state index contributed by atoms with van der Waals surface area (Å²) in [5.74, 6) is 0. The number of rotatable bonds is 2. The largest absolute Gasteiger partial charge is 0.306 e. The molecular weight excluding hydrogens is 258 g/mol. The molecule has 1 aromatic heterocycles. The summed E-state index contributed by atoms with van der Waals surface area (Å²) >= 11 is 6.07. The molecule has 0 spiro atoms. The maximum Gasteiger partial charge on any atom is 0.0994 e. The Balaban J connectivity index is 1.94. The van der Waals surface area contributed by atoms with Gasteiger partial charge in [0.25, 0.3) is 0 Å². The molecule has 19 heavy (non-hydrogen) atoms. The second-order valence-electron chi connectivity index (χ2n) is 5.22. The number of nitrogens with one attached hydrogen (secondary N) is 1. The van der Waals surface area contributed by atoms with Crippen LogP contribution >= 0.6 is 11.6 Å². The van der Waals surface area contributed by atoms with Gasteiger partial charge in [-0.2, -0.15) is 0 Å². The number of halogens is 1. The molecule has 2 aromatic rings. The molecule has 1 aliphatic heterocycles. The molecular formula is C15H18ClN3. The Morgan fingerprint density at radius 3 is 3.05 bits per heavy atom. The topological polar surface area (TPSA) is 29.9 Å². The van der Waals surface area contributed by atoms with Crippen molar-refractivity contribution in [3.63, 3.8) is 0 Å². The van der Waals surface area contributed by atoms with Gasteiger partial charge in [0.1, 0.15) is 0 Å². The van der Waals surface area contributed by atoms with Crippen LogP contribution in [-0.2, 0) is 0 Å². The first-order chi connectivity index (χ1) is 9.24. The number of imidazole rings is 1. The zero-order chi connectivity index (χ0) is 13.2. The number of nitrogens with zero attached hydrogens (tertiary/aromatic N) is 2. The summed E-state index contributed by atoms with van der Waals surface area (Å²) in [5.41, 5.74) is 2.29. The summed E-state index contributed by atoms with van der Waals surface area (Å²) in [5, 5.41) is 4.40. The number of hydrogen-bond acceptors (Lipinski definition) is 2. The molecule has 2 atom stereocenters. The fourth-order valence-electron chi connectivity index (χ4n) is 2.78. The van der Waals surface area contributed by atoms with Crippen LogP contribution in [-0.4, -0.2) is 15.6 Å². The molecule has 2 heterocycles. The van der Waals surface area contributed by atoms with Crippen LogP contribution in [0.2, 0.25) is 5.02 Å². The van der Waals surface area contributed by atoms with E-state index in [1.165, 1.54) is 18.5 Å². The molecule has 0 saturated carbocycles. The van der Waals surface area contributed by atoms with Gasteiger partial charge in [0, 0.05) is 22.8 Å². The van der Waals surface area contributed by atoms with Crippen molar-refractivity contribution in [3.8, 4) is 5.69 Å². The van der Waals surface area contributed by atoms with Crippen LogP contribution in [0.25, 0.3) is 5.69 Å². The van der Waals surface area contributed by atoms with Crippen LogP contribution in [0.1, 0.15) is 37.9 Å². The third-order valence-corrected chi connectivity index (χ3v) is 3.96. The average Bonchev–Trinajstić information content (AvgIpc) is 2.88. The molecule has 0 aliphatic carbocycles. The van der Waals surface area contributed by atoms with Crippen molar-refractivity contribution in [1.82, 2.24) is 14.9 Å². The Kier molecular flexibility index (Phi) is 3.58. The molecule has 1 aliphatic rings. The maximum absolute atomic E-state index is 6.07. The minimum atomic E-state index is 0.380. The van der Waals surface area contributed by atoms with Crippen molar-refractivity contribution in [3.05, 3.63) is 47.5 Å². The summed E-state index contributed by atoms with van der Waals surface area (Å²) in [7, 11) is 0. The van der Waals surface area contributed by atoms with Crippen molar-refractivity contribution in [1.29, 1.82) is 0 Å². The van der Waals surface area contributed by atoms with Crippen LogP contribution in [0.4, 0.5) is 0 Å². The summed E-state index contributed by atoms with van der Waals surface area (Å²) in [4.78, 5) is 4.31. The number of benzene rings is 1. The van der Waals surface area contributed by atoms with Gasteiger partial charge in [0.2, 0.25) is 0 Å². The first kappa shape index (κ1) is 12.7. The van der Waals surface area contributed by atoms with Gasteiger partial charge in [0.15, 0.2) is 0 Å². The van der Waals surface area contributed by atoms with E-state index in [0.717, 1.165) is 17.1 Å². The van der Waals surface area contributed by atoms with Crippen molar-refractivity contribution in [2.75, 3.05) is 0 Å². The zero-order valence-electron chi connectivity index (χ0n) is 11.0. The lowest BCUT2D eigenvalue weighted by molar-refractivity contribution is 0.334. The highest BCUT2D eigenvalue weighted by atomic mass is 35.5. The van der Waals surface area contributed by atoms with Gasteiger partial charge >= 0.3 is 0 Å². The Morgan fingerprint density at radius 1 is 1.37 bits per heavy atom. The fourth-order valence-corrected chi connectivity index (χ4v) is 2.96. The third kappa shape index (κ3) is 2.67. The van der Waals surface area contributed by atoms with E-state index in [0.29, 0.717) is 12.1 Å². The Hall–Kier alpha value is -1.32. The van der Waals surface area contributed by atoms with Crippen molar-refractivity contribution >= 4 is 11.6 Å². The van der Waals surface area contributed by atoms with Gasteiger partial charge in [-0.1, -0.05) is 17.7 Å². The van der Waals surface area contributed by atoms with Gasteiger partial charge in [0.05, 0.1) is 18.2 Å². The van der Waals surface area contributed by atoms with E-state index in [9.17, 15) is 0 Å². The Bertz CT molecular complexity index is 564. The SMILES string of the molecule is CC1CCCC(c2cncn2-c2cccc(Cl)c2)N1. The third-order valence-electron chi connectivity index (χ3n) is 3.73. The summed E-state index contributed by atoms with van der Waals surface area (Å²) < 4.78 is 2.13. The quantitative estimate of drug-likeness (QED) is 0.905. The molecule has 3 rings (SSSR count). The lowest BCUT2D eigenvalue weighted by Gasteiger charge is -2.29. The monoisotopic (exact) mass is 275 g/mol. The lowest BCUT2D eigenvalue weighted by atomic mass is 9.97. The Morgan fingerprint density at radius 2 is 2.26 bits per heavy atom. The minimum Gasteiger partial charge on any atom is -0.306 e. The van der Waals surface area contributed by atoms with Crippen LogP contribution in [0.3, 0.4) is 0 Å². The molecule has 100 valence electrons. The van der Waals surface area contributed by atoms with E-state index in [-0.39, 0.29) is 0 Å². The van der Waals surface area contributed by atoms with E-state index in [1.54, 1.807) is 0 Å². The van der Waals surface area contributed by atoms with E-state index >= 15 is 0 Å². The highest BCUT2D eigenvalue weighted by molar-refractivity contribution is 6.30. The van der Waals surface area contributed by atoms with Crippen LogP contribution in [0.5, 0.6) is 0 Å². The normalized spacial score (nSPS) is 23.5. The first-order valence-electron chi connectivity index (χ1n) is 6.78. The van der Waals surface area contributed by atoms with E-state index in [4.69, 9.17) is 11.6 Å². The number of hydrogen-bond donors (Lipinski definition) is 1. The summed E-state index contributed by atoms with van der Waals surface area (Å²) in [6.07, 6.45) is 7.50. The molecule has 1 aromatic carbocycles. The predicted octanol–water partition coefficient (Wildman–Crippen LogP) is 3.73. The molecule has 0 radical (unpaired) electrons. The second kappa shape index (κ2) is 5.35. The van der Waals surface area contributed by atoms with Crippen LogP contribution in [0, 0.1) is 0 Å². The van der Waals surface area contributed by atoms with Gasteiger partial charge in [-0.15, -0.1) is 0 Å². The molecule has 4 heteroatoms. The highest BCUT2D eigenvalue weighted by Gasteiger charge is 2.22. The van der Waals surface area contributed by atoms with Gasteiger partial charge < -0.3 is 9.88 Å². The number of piperidine rings is 1. The van der Waals surface area contributed by atoms with Gasteiger partial charge in [-0.05, 0) is 44.4 Å². The predicted molar refractivity (Wildman–Crippen MR) is 77.8 cm³/mol. The van der Waals surface area contributed by atoms with Gasteiger partial charge in [-0.25, -0.2) is 4.98 Å². The standard InChI is InChI=1S/C15H18ClN3/c1-11-4-2-7-14(18-11)15-9-17-10-19(15)13-6-3-5-12(16)8-13/h3,5-6,8-11,14,18H,2,4,7H2,1H3. The van der Waals surface area contributed by atoms with E-state index in [1.807, 2.05) is 30.7 Å². The Labute approximate surface area is 118 Å². The zero-order valence-corrected chi connectivity index (χ0v) is 11.8. The van der Waals surface area contributed by atoms with Crippen LogP contribution < -0.4 is 5.32 Å². The molecule has 1 N–H and O–H groups in total. The molecule has 1 fully saturated rings. The molecule has 0 amide bonds. The lowest BCUT2D eigenvalue weighted by Crippen LogP contribution is -2.35. The highest BCUT2D eigenvalue weighted by Crippen LogP contribution is 2.27. The number of aromatic nitrogens is 2. The fraction of sp³-hybridized carbons (Fsp3) is 0.400. The molecule has 3 nitrogen and oxygen atoms in total. The van der Waals surface area contributed by atoms with Crippen LogP contribution in [0.15, 0.2) is 36.8 Å². The van der Waals surface area contributed by atoms with Crippen molar-refractivity contribution < 1.29 is 0 Å². The van der Waals surface area contributed by atoms with Gasteiger partial charge in [-0.3, -0.25) is 0 Å². The molecule has 0 bridgehead atoms. The first-order valence-corrected chi connectivity index (χ1v) is 7.16. The second-order valence-corrected chi connectivity index (χ2v) is 5.66. The summed E-state index contributed by atoms with van der Waals surface area (Å²) in [6.45, 7) is 2.24. The van der Waals surface area contributed by atoms with Crippen molar-refractivity contribution in [2.24, 2.45) is 0 Å². The molecule has 2 unspecified atom stereocenters.